The first-order valence-corrected chi connectivity index (χ1v) is 16.2. The van der Waals surface area contributed by atoms with Gasteiger partial charge in [-0.3, -0.25) is 4.18 Å². The highest BCUT2D eigenvalue weighted by Crippen LogP contribution is 2.14. The van der Waals surface area contributed by atoms with Crippen LogP contribution in [0.3, 0.4) is 0 Å². The Morgan fingerprint density at radius 3 is 1.56 bits per heavy atom. The lowest BCUT2D eigenvalue weighted by Crippen LogP contribution is -2.06. The van der Waals surface area contributed by atoms with Gasteiger partial charge in [0.1, 0.15) is 0 Å². The maximum atomic E-state index is 10.9. The standard InChI is InChI=1S/C15H19NO3S2.C14H17NOS.ClH/c1-12-16-15(11-20-12)7-6-13-4-3-5-14(10-13)8-9-19-21(2,17)18;1-11-15-14(10-17-11)6-5-12-3-2-4-13(9-12)7-8-16;/h3-5,10-11H,6-9H2,1-2H3;2-4,9-10,16H,5-8H2,1H3;1H. The normalized spacial score (nSPS) is 11.0. The van der Waals surface area contributed by atoms with Crippen molar-refractivity contribution in [2.75, 3.05) is 19.5 Å². The van der Waals surface area contributed by atoms with Crippen LogP contribution in [0.1, 0.15) is 43.7 Å². The molecule has 4 rings (SSSR count). The van der Waals surface area contributed by atoms with Crippen LogP contribution in [0.2, 0.25) is 0 Å². The van der Waals surface area contributed by atoms with Crippen LogP contribution in [-0.2, 0) is 52.8 Å². The molecular weight excluding hydrogens is 572 g/mol. The first-order valence-electron chi connectivity index (χ1n) is 12.6. The Hall–Kier alpha value is -2.14. The Kier molecular flexibility index (Phi) is 14.3. The van der Waals surface area contributed by atoms with Crippen molar-refractivity contribution in [1.29, 1.82) is 0 Å². The van der Waals surface area contributed by atoms with Crippen molar-refractivity contribution in [3.05, 3.63) is 103 Å². The minimum atomic E-state index is -3.36. The molecule has 6 nitrogen and oxygen atoms in total. The van der Waals surface area contributed by atoms with Crippen molar-refractivity contribution in [3.8, 4) is 0 Å². The van der Waals surface area contributed by atoms with E-state index in [4.69, 9.17) is 9.29 Å². The molecule has 0 unspecified atom stereocenters. The molecule has 10 heteroatoms. The van der Waals surface area contributed by atoms with Gasteiger partial charge in [-0.1, -0.05) is 48.5 Å². The quantitative estimate of drug-likeness (QED) is 0.200. The minimum absolute atomic E-state index is 0. The summed E-state index contributed by atoms with van der Waals surface area (Å²) < 4.78 is 26.6. The number of hydrogen-bond donors (Lipinski definition) is 1. The summed E-state index contributed by atoms with van der Waals surface area (Å²) in [5.41, 5.74) is 7.16. The molecule has 1 N–H and O–H groups in total. The fourth-order valence-corrected chi connectivity index (χ4v) is 5.59. The van der Waals surface area contributed by atoms with Gasteiger partial charge in [0.2, 0.25) is 0 Å². The third-order valence-corrected chi connectivity index (χ3v) is 7.98. The second-order valence-corrected chi connectivity index (χ2v) is 12.9. The highest BCUT2D eigenvalue weighted by molar-refractivity contribution is 7.85. The molecule has 0 aliphatic carbocycles. The number of aliphatic hydroxyl groups is 1. The lowest BCUT2D eigenvalue weighted by Gasteiger charge is -2.05. The fraction of sp³-hybridized carbons (Fsp3) is 0.379. The van der Waals surface area contributed by atoms with Crippen LogP contribution < -0.4 is 0 Å². The molecule has 0 aliphatic rings. The molecule has 0 saturated heterocycles. The SMILES string of the molecule is Cc1nc(CCc2cccc(CCO)c2)cs1.Cc1nc(CCc2cccc(CCOS(C)(=O)=O)c2)cs1.Cl. The molecule has 2 aromatic heterocycles. The first kappa shape index (κ1) is 33.1. The van der Waals surface area contributed by atoms with E-state index in [2.05, 4.69) is 57.1 Å². The van der Waals surface area contributed by atoms with Gasteiger partial charge in [-0.25, -0.2) is 9.97 Å². The van der Waals surface area contributed by atoms with Crippen molar-refractivity contribution in [3.63, 3.8) is 0 Å². The van der Waals surface area contributed by atoms with E-state index in [0.717, 1.165) is 59.6 Å². The van der Waals surface area contributed by atoms with Gasteiger partial charge in [0, 0.05) is 17.4 Å². The van der Waals surface area contributed by atoms with Gasteiger partial charge in [-0.2, -0.15) is 8.42 Å². The summed E-state index contributed by atoms with van der Waals surface area (Å²) in [6.45, 7) is 4.45. The number of thiazole rings is 2. The van der Waals surface area contributed by atoms with E-state index in [-0.39, 0.29) is 25.6 Å². The maximum Gasteiger partial charge on any atom is 0.264 e. The van der Waals surface area contributed by atoms with Crippen molar-refractivity contribution >= 4 is 45.2 Å². The Labute approximate surface area is 246 Å². The Morgan fingerprint density at radius 2 is 1.18 bits per heavy atom. The molecule has 0 aliphatic heterocycles. The van der Waals surface area contributed by atoms with E-state index in [0.29, 0.717) is 6.42 Å². The number of benzene rings is 2. The Bertz CT molecular complexity index is 1390. The van der Waals surface area contributed by atoms with Crippen LogP contribution in [0.4, 0.5) is 0 Å². The molecule has 0 amide bonds. The summed E-state index contributed by atoms with van der Waals surface area (Å²) in [6.07, 6.45) is 6.27. The predicted octanol–water partition coefficient (Wildman–Crippen LogP) is 5.95. The molecule has 212 valence electrons. The topological polar surface area (TPSA) is 89.4 Å². The molecular formula is C29H37ClN2O4S3. The third-order valence-electron chi connectivity index (χ3n) is 5.74. The number of rotatable bonds is 12. The van der Waals surface area contributed by atoms with Crippen LogP contribution >= 0.6 is 35.1 Å². The maximum absolute atomic E-state index is 10.9. The van der Waals surface area contributed by atoms with E-state index in [1.165, 1.54) is 22.4 Å². The predicted molar refractivity (Wildman–Crippen MR) is 164 cm³/mol. The van der Waals surface area contributed by atoms with Crippen LogP contribution in [0.15, 0.2) is 59.3 Å². The fourth-order valence-electron chi connectivity index (χ4n) is 3.91. The molecule has 0 atom stereocenters. The Balaban J connectivity index is 0.000000272. The molecule has 2 aromatic carbocycles. The second-order valence-electron chi connectivity index (χ2n) is 9.11. The average Bonchev–Trinajstić information content (AvgIpc) is 3.49. The average molecular weight is 609 g/mol. The van der Waals surface area contributed by atoms with Gasteiger partial charge < -0.3 is 5.11 Å². The summed E-state index contributed by atoms with van der Waals surface area (Å²) in [4.78, 5) is 8.92. The molecule has 39 heavy (non-hydrogen) atoms. The van der Waals surface area contributed by atoms with Crippen LogP contribution in [0.5, 0.6) is 0 Å². The number of nitrogens with zero attached hydrogens (tertiary/aromatic N) is 2. The summed E-state index contributed by atoms with van der Waals surface area (Å²) >= 11 is 3.38. The monoisotopic (exact) mass is 608 g/mol. The van der Waals surface area contributed by atoms with Gasteiger partial charge in [-0.05, 0) is 74.6 Å². The number of aryl methyl sites for hydroxylation is 6. The number of aliphatic hydroxyl groups excluding tert-OH is 1. The largest absolute Gasteiger partial charge is 0.396 e. The van der Waals surface area contributed by atoms with Gasteiger partial charge in [0.05, 0.1) is 34.3 Å². The smallest absolute Gasteiger partial charge is 0.264 e. The first-order chi connectivity index (χ1) is 18.2. The number of halogens is 1. The van der Waals surface area contributed by atoms with Crippen molar-refractivity contribution < 1.29 is 17.7 Å². The van der Waals surface area contributed by atoms with E-state index in [1.54, 1.807) is 22.7 Å². The van der Waals surface area contributed by atoms with Gasteiger partial charge >= 0.3 is 0 Å². The number of hydrogen-bond acceptors (Lipinski definition) is 8. The van der Waals surface area contributed by atoms with Crippen molar-refractivity contribution in [2.45, 2.75) is 52.4 Å². The Morgan fingerprint density at radius 1 is 0.744 bits per heavy atom. The molecule has 4 aromatic rings. The van der Waals surface area contributed by atoms with Crippen LogP contribution in [-0.4, -0.2) is 43.0 Å². The zero-order valence-corrected chi connectivity index (χ0v) is 25.9. The van der Waals surface area contributed by atoms with Crippen LogP contribution in [0.25, 0.3) is 0 Å². The minimum Gasteiger partial charge on any atom is -0.396 e. The van der Waals surface area contributed by atoms with E-state index in [9.17, 15) is 8.42 Å². The van der Waals surface area contributed by atoms with Crippen molar-refractivity contribution in [2.24, 2.45) is 0 Å². The lowest BCUT2D eigenvalue weighted by atomic mass is 10.0. The molecule has 0 bridgehead atoms. The molecule has 0 radical (unpaired) electrons. The summed E-state index contributed by atoms with van der Waals surface area (Å²) in [5, 5.41) is 15.4. The molecule has 0 fully saturated rings. The van der Waals surface area contributed by atoms with Gasteiger partial charge in [0.15, 0.2) is 0 Å². The zero-order valence-electron chi connectivity index (χ0n) is 22.6. The van der Waals surface area contributed by atoms with E-state index >= 15 is 0 Å². The second kappa shape index (κ2) is 16.8. The highest BCUT2D eigenvalue weighted by atomic mass is 35.5. The third kappa shape index (κ3) is 13.2. The number of aromatic nitrogens is 2. The van der Waals surface area contributed by atoms with Gasteiger partial charge in [-0.15, -0.1) is 35.1 Å². The summed E-state index contributed by atoms with van der Waals surface area (Å²) in [6, 6.07) is 16.6. The van der Waals surface area contributed by atoms with Crippen LogP contribution in [0, 0.1) is 13.8 Å². The molecule has 2 heterocycles. The van der Waals surface area contributed by atoms with Crippen molar-refractivity contribution in [1.82, 2.24) is 9.97 Å². The van der Waals surface area contributed by atoms with E-state index < -0.39 is 10.1 Å². The molecule has 0 saturated carbocycles. The zero-order chi connectivity index (χ0) is 27.4. The lowest BCUT2D eigenvalue weighted by molar-refractivity contribution is 0.299. The van der Waals surface area contributed by atoms with Gasteiger partial charge in [0.25, 0.3) is 10.1 Å². The van der Waals surface area contributed by atoms with E-state index in [1.807, 2.05) is 26.0 Å². The summed E-state index contributed by atoms with van der Waals surface area (Å²) in [5.74, 6) is 0. The highest BCUT2D eigenvalue weighted by Gasteiger charge is 2.04. The molecule has 0 spiro atoms. The summed E-state index contributed by atoms with van der Waals surface area (Å²) in [7, 11) is -3.36.